The van der Waals surface area contributed by atoms with E-state index in [0.717, 1.165) is 36.2 Å². The van der Waals surface area contributed by atoms with Crippen molar-refractivity contribution in [2.75, 3.05) is 29.9 Å². The molecule has 7 nitrogen and oxygen atoms in total. The molecule has 2 heterocycles. The first-order chi connectivity index (χ1) is 15.5. The van der Waals surface area contributed by atoms with Crippen molar-refractivity contribution in [2.45, 2.75) is 19.3 Å². The Labute approximate surface area is 189 Å². The Balaban J connectivity index is 1.40. The first-order valence-electron chi connectivity index (χ1n) is 10.5. The number of benzene rings is 2. The predicted octanol–water partition coefficient (Wildman–Crippen LogP) is 3.34. The van der Waals surface area contributed by atoms with Gasteiger partial charge in [-0.25, -0.2) is 9.07 Å². The number of piperazine rings is 1. The summed E-state index contributed by atoms with van der Waals surface area (Å²) in [5.74, 6) is -0.797. The Morgan fingerprint density at radius 3 is 2.78 bits per heavy atom. The van der Waals surface area contributed by atoms with Gasteiger partial charge < -0.3 is 15.5 Å². The summed E-state index contributed by atoms with van der Waals surface area (Å²) < 4.78 is 15.9. The lowest BCUT2D eigenvalue weighted by atomic mass is 10.2. The van der Waals surface area contributed by atoms with Crippen LogP contribution in [0, 0.1) is 5.82 Å². The molecule has 0 saturated carbocycles. The number of hydrogen-bond donors (Lipinski definition) is 2. The lowest BCUT2D eigenvalue weighted by molar-refractivity contribution is -0.120. The van der Waals surface area contributed by atoms with Gasteiger partial charge >= 0.3 is 0 Å². The Bertz CT molecular complexity index is 1230. The lowest BCUT2D eigenvalue weighted by Crippen LogP contribution is -2.47. The van der Waals surface area contributed by atoms with Gasteiger partial charge in [-0.2, -0.15) is 5.10 Å². The number of carbonyl (C=O) groups is 2. The Hall–Kier alpha value is -3.39. The summed E-state index contributed by atoms with van der Waals surface area (Å²) in [4.78, 5) is 26.6. The summed E-state index contributed by atoms with van der Waals surface area (Å²) in [6.07, 6.45) is 2.36. The van der Waals surface area contributed by atoms with Crippen LogP contribution in [0.4, 0.5) is 15.8 Å². The van der Waals surface area contributed by atoms with E-state index in [1.807, 2.05) is 4.90 Å². The maximum atomic E-state index is 14.4. The van der Waals surface area contributed by atoms with E-state index >= 15 is 0 Å². The average molecular weight is 454 g/mol. The monoisotopic (exact) mass is 453 g/mol. The molecule has 3 aromatic rings. The summed E-state index contributed by atoms with van der Waals surface area (Å²) in [7, 11) is 0. The van der Waals surface area contributed by atoms with E-state index < -0.39 is 0 Å². The van der Waals surface area contributed by atoms with E-state index in [9.17, 15) is 14.0 Å². The highest BCUT2D eigenvalue weighted by molar-refractivity contribution is 6.33. The first kappa shape index (κ1) is 20.5. The molecule has 2 aliphatic rings. The van der Waals surface area contributed by atoms with Crippen LogP contribution in [0.15, 0.2) is 42.5 Å². The number of anilines is 2. The van der Waals surface area contributed by atoms with Crippen LogP contribution >= 0.6 is 11.6 Å². The number of aromatic nitrogens is 2. The molecule has 1 aliphatic carbocycles. The minimum Gasteiger partial charge on any atom is -0.359 e. The number of hydrogen-bond acceptors (Lipinski definition) is 4. The molecule has 1 aromatic heterocycles. The number of nitrogens with one attached hydrogen (secondary N) is 2. The summed E-state index contributed by atoms with van der Waals surface area (Å²) in [6.45, 7) is 1.46. The molecule has 2 N–H and O–H groups in total. The maximum absolute atomic E-state index is 14.4. The molecule has 0 atom stereocenters. The van der Waals surface area contributed by atoms with Gasteiger partial charge in [0, 0.05) is 30.0 Å². The van der Waals surface area contributed by atoms with E-state index in [1.165, 1.54) is 6.07 Å². The molecule has 0 bridgehead atoms. The van der Waals surface area contributed by atoms with E-state index in [4.69, 9.17) is 11.6 Å². The summed E-state index contributed by atoms with van der Waals surface area (Å²) in [5.41, 5.74) is 3.63. The van der Waals surface area contributed by atoms with Crippen molar-refractivity contribution >= 4 is 34.8 Å². The lowest BCUT2D eigenvalue weighted by Gasteiger charge is -2.29. The highest BCUT2D eigenvalue weighted by atomic mass is 35.5. The molecule has 9 heteroatoms. The van der Waals surface area contributed by atoms with Crippen LogP contribution in [0.1, 0.15) is 28.2 Å². The zero-order chi connectivity index (χ0) is 22.2. The van der Waals surface area contributed by atoms with Gasteiger partial charge in [-0.3, -0.25) is 9.59 Å². The van der Waals surface area contributed by atoms with Gasteiger partial charge in [-0.05, 0) is 49.6 Å². The van der Waals surface area contributed by atoms with Crippen LogP contribution in [0.3, 0.4) is 0 Å². The van der Waals surface area contributed by atoms with Gasteiger partial charge in [0.2, 0.25) is 5.91 Å². The third-order valence-corrected chi connectivity index (χ3v) is 6.11. The van der Waals surface area contributed by atoms with Gasteiger partial charge in [0.15, 0.2) is 5.69 Å². The van der Waals surface area contributed by atoms with Crippen molar-refractivity contribution in [1.29, 1.82) is 0 Å². The van der Waals surface area contributed by atoms with Crippen molar-refractivity contribution < 1.29 is 14.0 Å². The average Bonchev–Trinajstić information content (AvgIpc) is 3.37. The molecular formula is C23H21ClFN5O2. The van der Waals surface area contributed by atoms with Crippen molar-refractivity contribution in [1.82, 2.24) is 15.1 Å². The number of nitrogens with zero attached hydrogens (tertiary/aromatic N) is 3. The molecule has 2 amide bonds. The molecule has 0 spiro atoms. The fourth-order valence-electron chi connectivity index (χ4n) is 4.32. The minimum atomic E-state index is -0.384. The van der Waals surface area contributed by atoms with E-state index in [1.54, 1.807) is 41.1 Å². The third kappa shape index (κ3) is 3.71. The molecule has 0 radical (unpaired) electrons. The molecule has 2 aromatic carbocycles. The Kier molecular flexibility index (Phi) is 5.30. The second-order valence-corrected chi connectivity index (χ2v) is 8.29. The number of fused-ring (bicyclic) bond motifs is 1. The van der Waals surface area contributed by atoms with Crippen molar-refractivity contribution in [2.24, 2.45) is 0 Å². The fraction of sp³-hybridized carbons (Fsp3) is 0.261. The van der Waals surface area contributed by atoms with Crippen LogP contribution in [-0.4, -0.2) is 41.2 Å². The van der Waals surface area contributed by atoms with Crippen LogP contribution in [0.25, 0.3) is 5.69 Å². The van der Waals surface area contributed by atoms with Crippen LogP contribution in [0.2, 0.25) is 5.02 Å². The summed E-state index contributed by atoms with van der Waals surface area (Å²) >= 11 is 6.45. The number of para-hydroxylation sites is 1. The Morgan fingerprint density at radius 2 is 2.00 bits per heavy atom. The second kappa shape index (κ2) is 8.27. The summed E-state index contributed by atoms with van der Waals surface area (Å²) in [6, 6.07) is 11.6. The largest absolute Gasteiger partial charge is 0.359 e. The molecule has 164 valence electrons. The smallest absolute Gasteiger partial charge is 0.276 e. The van der Waals surface area contributed by atoms with Crippen molar-refractivity contribution in [3.8, 4) is 5.69 Å². The SMILES string of the molecule is O=C1CN(c2ccc(NC(=O)c3nn(-c4ccccc4F)c4c3CCC4)cc2Cl)CCN1. The molecule has 0 unspecified atom stereocenters. The molecule has 1 fully saturated rings. The number of carbonyl (C=O) groups excluding carboxylic acids is 2. The number of halogens is 2. The van der Waals surface area contributed by atoms with Crippen molar-refractivity contribution in [3.05, 3.63) is 70.3 Å². The quantitative estimate of drug-likeness (QED) is 0.635. The molecule has 32 heavy (non-hydrogen) atoms. The number of rotatable bonds is 4. The normalized spacial score (nSPS) is 15.4. The predicted molar refractivity (Wildman–Crippen MR) is 120 cm³/mol. The van der Waals surface area contributed by atoms with Crippen LogP contribution in [-0.2, 0) is 17.6 Å². The minimum absolute atomic E-state index is 0.0519. The van der Waals surface area contributed by atoms with Crippen molar-refractivity contribution in [3.63, 3.8) is 0 Å². The fourth-order valence-corrected chi connectivity index (χ4v) is 4.62. The van der Waals surface area contributed by atoms with Gasteiger partial charge in [-0.1, -0.05) is 23.7 Å². The third-order valence-electron chi connectivity index (χ3n) is 5.81. The van der Waals surface area contributed by atoms with Gasteiger partial charge in [0.05, 0.1) is 17.3 Å². The molecule has 5 rings (SSSR count). The number of amides is 2. The highest BCUT2D eigenvalue weighted by Gasteiger charge is 2.28. The van der Waals surface area contributed by atoms with Gasteiger partial charge in [0.1, 0.15) is 11.5 Å². The second-order valence-electron chi connectivity index (χ2n) is 7.88. The zero-order valence-corrected chi connectivity index (χ0v) is 18.0. The summed E-state index contributed by atoms with van der Waals surface area (Å²) in [5, 5.41) is 10.5. The molecular weight excluding hydrogens is 433 g/mol. The van der Waals surface area contributed by atoms with Crippen LogP contribution in [0.5, 0.6) is 0 Å². The first-order valence-corrected chi connectivity index (χ1v) is 10.9. The van der Waals surface area contributed by atoms with Gasteiger partial charge in [-0.15, -0.1) is 0 Å². The topological polar surface area (TPSA) is 79.3 Å². The van der Waals surface area contributed by atoms with Gasteiger partial charge in [0.25, 0.3) is 5.91 Å². The van der Waals surface area contributed by atoms with E-state index in [-0.39, 0.29) is 24.2 Å². The van der Waals surface area contributed by atoms with E-state index in [2.05, 4.69) is 15.7 Å². The Morgan fingerprint density at radius 1 is 1.16 bits per heavy atom. The zero-order valence-electron chi connectivity index (χ0n) is 17.2. The van der Waals surface area contributed by atoms with Crippen LogP contribution < -0.4 is 15.5 Å². The highest BCUT2D eigenvalue weighted by Crippen LogP contribution is 2.31. The molecule has 1 saturated heterocycles. The van der Waals surface area contributed by atoms with E-state index in [0.29, 0.717) is 35.2 Å². The standard InChI is InChI=1S/C23H21ClFN5O2/c24-16-12-14(8-9-19(16)29-11-10-26-21(31)13-29)27-23(32)22-15-4-3-7-18(15)30(28-22)20-6-2-1-5-17(20)25/h1-2,5-6,8-9,12H,3-4,7,10-11,13H2,(H,26,31)(H,27,32). The maximum Gasteiger partial charge on any atom is 0.276 e. The molecule has 1 aliphatic heterocycles.